The van der Waals surface area contributed by atoms with Crippen LogP contribution < -0.4 is 10.0 Å². The minimum Gasteiger partial charge on any atom is -0.322 e. The van der Waals surface area contributed by atoms with Crippen LogP contribution in [-0.4, -0.2) is 20.9 Å². The van der Waals surface area contributed by atoms with E-state index in [1.165, 1.54) is 24.3 Å². The summed E-state index contributed by atoms with van der Waals surface area (Å²) in [6.45, 7) is 6.27. The first-order valence-corrected chi connectivity index (χ1v) is 9.80. The van der Waals surface area contributed by atoms with Crippen LogP contribution in [0.5, 0.6) is 0 Å². The second-order valence-electron chi connectivity index (χ2n) is 6.00. The number of sulfonamides is 1. The number of para-hydroxylation sites is 1. The summed E-state index contributed by atoms with van der Waals surface area (Å²) in [5.41, 5.74) is 3.15. The van der Waals surface area contributed by atoms with Crippen molar-refractivity contribution in [2.45, 2.75) is 38.5 Å². The Morgan fingerprint density at radius 1 is 1.00 bits per heavy atom. The maximum absolute atomic E-state index is 12.4. The highest BCUT2D eigenvalue weighted by atomic mass is 32.2. The molecule has 0 saturated carbocycles. The molecule has 2 N–H and O–H groups in total. The lowest BCUT2D eigenvalue weighted by Crippen LogP contribution is -2.24. The zero-order valence-corrected chi connectivity index (χ0v) is 15.6. The van der Waals surface area contributed by atoms with Gasteiger partial charge >= 0.3 is 0 Å². The van der Waals surface area contributed by atoms with Crippen molar-refractivity contribution in [3.8, 4) is 0 Å². The van der Waals surface area contributed by atoms with Crippen LogP contribution in [0, 0.1) is 13.8 Å². The van der Waals surface area contributed by atoms with Crippen LogP contribution >= 0.6 is 0 Å². The van der Waals surface area contributed by atoms with Crippen LogP contribution in [0.25, 0.3) is 0 Å². The molecule has 0 atom stereocenters. The monoisotopic (exact) mass is 360 g/mol. The quantitative estimate of drug-likeness (QED) is 0.740. The fraction of sp³-hybridized carbons (Fsp3) is 0.316. The number of unbranched alkanes of at least 4 members (excludes halogenated alkanes) is 1. The van der Waals surface area contributed by atoms with Crippen LogP contribution in [-0.2, 0) is 10.0 Å². The van der Waals surface area contributed by atoms with Crippen molar-refractivity contribution >= 4 is 21.6 Å². The third-order valence-electron chi connectivity index (χ3n) is 3.97. The molecule has 0 spiro atoms. The van der Waals surface area contributed by atoms with Gasteiger partial charge in [-0.25, -0.2) is 13.1 Å². The Bertz CT molecular complexity index is 823. The fourth-order valence-electron chi connectivity index (χ4n) is 2.45. The summed E-state index contributed by atoms with van der Waals surface area (Å²) in [5, 5.41) is 2.89. The van der Waals surface area contributed by atoms with E-state index in [1.807, 2.05) is 39.0 Å². The molecule has 0 aromatic heterocycles. The van der Waals surface area contributed by atoms with Crippen LogP contribution in [0.3, 0.4) is 0 Å². The molecule has 134 valence electrons. The summed E-state index contributed by atoms with van der Waals surface area (Å²) in [6.07, 6.45) is 1.70. The van der Waals surface area contributed by atoms with Gasteiger partial charge in [-0.1, -0.05) is 31.5 Å². The van der Waals surface area contributed by atoms with Gasteiger partial charge in [0.05, 0.1) is 4.90 Å². The zero-order valence-electron chi connectivity index (χ0n) is 14.8. The van der Waals surface area contributed by atoms with Gasteiger partial charge in [0, 0.05) is 17.8 Å². The summed E-state index contributed by atoms with van der Waals surface area (Å²) in [5.74, 6) is -0.264. The molecule has 0 heterocycles. The lowest BCUT2D eigenvalue weighted by molar-refractivity contribution is 0.102. The topological polar surface area (TPSA) is 75.3 Å². The number of rotatable bonds is 7. The van der Waals surface area contributed by atoms with E-state index in [0.29, 0.717) is 12.1 Å². The molecule has 2 rings (SSSR count). The number of carbonyl (C=O) groups is 1. The molecule has 25 heavy (non-hydrogen) atoms. The third-order valence-corrected chi connectivity index (χ3v) is 5.45. The summed E-state index contributed by atoms with van der Waals surface area (Å²) < 4.78 is 26.9. The zero-order chi connectivity index (χ0) is 18.4. The number of nitrogens with one attached hydrogen (secondary N) is 2. The molecule has 0 aliphatic heterocycles. The Kier molecular flexibility index (Phi) is 6.33. The van der Waals surface area contributed by atoms with Crippen molar-refractivity contribution in [1.82, 2.24) is 4.72 Å². The molecular weight excluding hydrogens is 336 g/mol. The second-order valence-corrected chi connectivity index (χ2v) is 7.76. The highest BCUT2D eigenvalue weighted by Gasteiger charge is 2.15. The predicted octanol–water partition coefficient (Wildman–Crippen LogP) is 3.63. The van der Waals surface area contributed by atoms with E-state index >= 15 is 0 Å². The lowest BCUT2D eigenvalue weighted by atomic mass is 10.1. The van der Waals surface area contributed by atoms with Gasteiger partial charge in [0.15, 0.2) is 0 Å². The number of hydrogen-bond acceptors (Lipinski definition) is 3. The molecule has 0 bridgehead atoms. The van der Waals surface area contributed by atoms with E-state index < -0.39 is 10.0 Å². The fourth-order valence-corrected chi connectivity index (χ4v) is 3.52. The van der Waals surface area contributed by atoms with Crippen molar-refractivity contribution in [2.24, 2.45) is 0 Å². The highest BCUT2D eigenvalue weighted by molar-refractivity contribution is 7.89. The number of aryl methyl sites for hydroxylation is 2. The van der Waals surface area contributed by atoms with Crippen LogP contribution in [0.15, 0.2) is 47.4 Å². The SMILES string of the molecule is CCCCNS(=O)(=O)c1ccc(C(=O)Nc2c(C)cccc2C)cc1. The molecular formula is C19H24N2O3S. The summed E-state index contributed by atoms with van der Waals surface area (Å²) in [7, 11) is -3.53. The molecule has 0 saturated heterocycles. The van der Waals surface area contributed by atoms with Gasteiger partial charge in [0.2, 0.25) is 10.0 Å². The van der Waals surface area contributed by atoms with Gasteiger partial charge in [-0.05, 0) is 55.7 Å². The second kappa shape index (κ2) is 8.27. The van der Waals surface area contributed by atoms with Gasteiger partial charge < -0.3 is 5.32 Å². The molecule has 6 heteroatoms. The van der Waals surface area contributed by atoms with E-state index in [1.54, 1.807) is 0 Å². The standard InChI is InChI=1S/C19H24N2O3S/c1-4-5-13-20-25(23,24)17-11-9-16(10-12-17)19(22)21-18-14(2)7-6-8-15(18)3/h6-12,20H,4-5,13H2,1-3H3,(H,21,22). The Balaban J connectivity index is 2.13. The molecule has 0 fully saturated rings. The molecule has 1 amide bonds. The number of carbonyl (C=O) groups excluding carboxylic acids is 1. The van der Waals surface area contributed by atoms with Gasteiger partial charge in [0.25, 0.3) is 5.91 Å². The number of hydrogen-bond donors (Lipinski definition) is 2. The lowest BCUT2D eigenvalue weighted by Gasteiger charge is -2.12. The van der Waals surface area contributed by atoms with Crippen molar-refractivity contribution in [3.05, 3.63) is 59.2 Å². The largest absolute Gasteiger partial charge is 0.322 e. The van der Waals surface area contributed by atoms with E-state index in [4.69, 9.17) is 0 Å². The minimum absolute atomic E-state index is 0.159. The summed E-state index contributed by atoms with van der Waals surface area (Å²) >= 11 is 0. The van der Waals surface area contributed by atoms with E-state index in [2.05, 4.69) is 10.0 Å². The van der Waals surface area contributed by atoms with Crippen molar-refractivity contribution in [3.63, 3.8) is 0 Å². The minimum atomic E-state index is -3.53. The smallest absolute Gasteiger partial charge is 0.255 e. The maximum Gasteiger partial charge on any atom is 0.255 e. The first kappa shape index (κ1) is 19.1. The van der Waals surface area contributed by atoms with Gasteiger partial charge in [-0.15, -0.1) is 0 Å². The van der Waals surface area contributed by atoms with Crippen LogP contribution in [0.2, 0.25) is 0 Å². The number of amides is 1. The van der Waals surface area contributed by atoms with Crippen molar-refractivity contribution < 1.29 is 13.2 Å². The van der Waals surface area contributed by atoms with Crippen LogP contribution in [0.4, 0.5) is 5.69 Å². The molecule has 2 aromatic rings. The van der Waals surface area contributed by atoms with Crippen LogP contribution in [0.1, 0.15) is 41.3 Å². The van der Waals surface area contributed by atoms with Crippen molar-refractivity contribution in [2.75, 3.05) is 11.9 Å². The average Bonchev–Trinajstić information content (AvgIpc) is 2.58. The molecule has 0 unspecified atom stereocenters. The average molecular weight is 360 g/mol. The Labute approximate surface area is 149 Å². The molecule has 0 aliphatic rings. The summed E-state index contributed by atoms with van der Waals surface area (Å²) in [6, 6.07) is 11.8. The Hall–Kier alpha value is -2.18. The highest BCUT2D eigenvalue weighted by Crippen LogP contribution is 2.20. The first-order valence-electron chi connectivity index (χ1n) is 8.32. The van der Waals surface area contributed by atoms with E-state index in [9.17, 15) is 13.2 Å². The van der Waals surface area contributed by atoms with Gasteiger partial charge in [-0.2, -0.15) is 0 Å². The normalized spacial score (nSPS) is 11.3. The maximum atomic E-state index is 12.4. The Morgan fingerprint density at radius 3 is 2.16 bits per heavy atom. The van der Waals surface area contributed by atoms with E-state index in [0.717, 1.165) is 29.7 Å². The summed E-state index contributed by atoms with van der Waals surface area (Å²) in [4.78, 5) is 12.6. The van der Waals surface area contributed by atoms with Crippen molar-refractivity contribution in [1.29, 1.82) is 0 Å². The Morgan fingerprint density at radius 2 is 1.60 bits per heavy atom. The van der Waals surface area contributed by atoms with Gasteiger partial charge in [-0.3, -0.25) is 4.79 Å². The first-order chi connectivity index (χ1) is 11.8. The third kappa shape index (κ3) is 4.90. The molecule has 0 aliphatic carbocycles. The van der Waals surface area contributed by atoms with Gasteiger partial charge in [0.1, 0.15) is 0 Å². The number of benzene rings is 2. The van der Waals surface area contributed by atoms with E-state index in [-0.39, 0.29) is 10.8 Å². The number of anilines is 1. The molecule has 5 nitrogen and oxygen atoms in total. The molecule has 0 radical (unpaired) electrons. The predicted molar refractivity (Wildman–Crippen MR) is 100 cm³/mol. The molecule has 2 aromatic carbocycles.